The monoisotopic (exact) mass is 262 g/mol. The number of ether oxygens (including phenoxy) is 1. The van der Waals surface area contributed by atoms with E-state index in [2.05, 4.69) is 10.6 Å². The summed E-state index contributed by atoms with van der Waals surface area (Å²) >= 11 is 0. The molecule has 1 amide bonds. The number of aryl methyl sites for hydroxylation is 1. The second kappa shape index (κ2) is 6.57. The first kappa shape index (κ1) is 13.9. The zero-order valence-electron chi connectivity index (χ0n) is 11.7. The lowest BCUT2D eigenvalue weighted by atomic mass is 10.0. The van der Waals surface area contributed by atoms with E-state index in [0.717, 1.165) is 37.3 Å². The highest BCUT2D eigenvalue weighted by Crippen LogP contribution is 2.16. The van der Waals surface area contributed by atoms with E-state index in [1.54, 1.807) is 0 Å². The van der Waals surface area contributed by atoms with Gasteiger partial charge in [-0.15, -0.1) is 0 Å². The van der Waals surface area contributed by atoms with E-state index in [0.29, 0.717) is 18.0 Å². The first-order chi connectivity index (χ1) is 9.20. The molecule has 1 unspecified atom stereocenters. The molecule has 0 spiro atoms. The molecule has 1 aliphatic rings. The first-order valence-electron chi connectivity index (χ1n) is 6.85. The van der Waals surface area contributed by atoms with Crippen molar-refractivity contribution in [3.05, 3.63) is 29.3 Å². The van der Waals surface area contributed by atoms with Crippen molar-refractivity contribution >= 4 is 11.6 Å². The van der Waals surface area contributed by atoms with Crippen LogP contribution >= 0.6 is 0 Å². The van der Waals surface area contributed by atoms with E-state index in [1.165, 1.54) is 0 Å². The van der Waals surface area contributed by atoms with Gasteiger partial charge in [0.2, 0.25) is 0 Å². The first-order valence-corrected chi connectivity index (χ1v) is 6.85. The summed E-state index contributed by atoms with van der Waals surface area (Å²) in [6.45, 7) is 4.32. The van der Waals surface area contributed by atoms with Gasteiger partial charge in [0.25, 0.3) is 5.91 Å². The lowest BCUT2D eigenvalue weighted by molar-refractivity contribution is 0.0536. The van der Waals surface area contributed by atoms with Gasteiger partial charge in [0.05, 0.1) is 6.61 Å². The van der Waals surface area contributed by atoms with E-state index in [4.69, 9.17) is 4.74 Å². The summed E-state index contributed by atoms with van der Waals surface area (Å²) in [4.78, 5) is 12.1. The summed E-state index contributed by atoms with van der Waals surface area (Å²) in [5.74, 6) is 0.451. The van der Waals surface area contributed by atoms with Crippen LogP contribution in [0.3, 0.4) is 0 Å². The fraction of sp³-hybridized carbons (Fsp3) is 0.533. The van der Waals surface area contributed by atoms with Crippen LogP contribution in [0.25, 0.3) is 0 Å². The van der Waals surface area contributed by atoms with Crippen LogP contribution in [0.15, 0.2) is 18.2 Å². The van der Waals surface area contributed by atoms with Gasteiger partial charge in [0, 0.05) is 31.5 Å². The molecule has 1 heterocycles. The summed E-state index contributed by atoms with van der Waals surface area (Å²) in [5, 5.41) is 6.09. The average Bonchev–Trinajstić information content (AvgIpc) is 2.45. The summed E-state index contributed by atoms with van der Waals surface area (Å²) in [6, 6.07) is 5.71. The molecule has 0 aromatic heterocycles. The minimum atomic E-state index is -0.00340. The Morgan fingerprint density at radius 2 is 2.32 bits per heavy atom. The molecule has 0 aliphatic carbocycles. The van der Waals surface area contributed by atoms with Crippen LogP contribution in [-0.4, -0.2) is 32.7 Å². The predicted octanol–water partition coefficient (Wildman–Crippen LogP) is 2.19. The van der Waals surface area contributed by atoms with Crippen LogP contribution in [0.5, 0.6) is 0 Å². The van der Waals surface area contributed by atoms with Gasteiger partial charge in [0.15, 0.2) is 0 Å². The molecular formula is C15H22N2O2. The fourth-order valence-corrected chi connectivity index (χ4v) is 2.39. The molecule has 1 saturated heterocycles. The Balaban J connectivity index is 1.90. The van der Waals surface area contributed by atoms with Crippen molar-refractivity contribution in [3.8, 4) is 0 Å². The molecule has 19 heavy (non-hydrogen) atoms. The zero-order valence-corrected chi connectivity index (χ0v) is 11.7. The smallest absolute Gasteiger partial charge is 0.251 e. The van der Waals surface area contributed by atoms with Crippen molar-refractivity contribution in [2.75, 3.05) is 32.1 Å². The molecule has 2 N–H and O–H groups in total. The highest BCUT2D eigenvalue weighted by molar-refractivity contribution is 5.94. The maximum Gasteiger partial charge on any atom is 0.251 e. The van der Waals surface area contributed by atoms with E-state index in [1.807, 2.05) is 32.2 Å². The molecular weight excluding hydrogens is 240 g/mol. The van der Waals surface area contributed by atoms with Crippen molar-refractivity contribution in [1.82, 2.24) is 5.32 Å². The standard InChI is InChI=1S/C15H22N2O2/c1-11-8-13(5-6-14(11)16-2)15(18)17-9-12-4-3-7-19-10-12/h5-6,8,12,16H,3-4,7,9-10H2,1-2H3,(H,17,18). The molecule has 0 radical (unpaired) electrons. The summed E-state index contributed by atoms with van der Waals surface area (Å²) in [6.07, 6.45) is 2.23. The Labute approximate surface area is 114 Å². The van der Waals surface area contributed by atoms with E-state index in [-0.39, 0.29) is 5.91 Å². The highest BCUT2D eigenvalue weighted by Gasteiger charge is 2.15. The molecule has 4 nitrogen and oxygen atoms in total. The SMILES string of the molecule is CNc1ccc(C(=O)NCC2CCCOC2)cc1C. The molecule has 1 aromatic carbocycles. The summed E-state index contributed by atoms with van der Waals surface area (Å²) < 4.78 is 5.41. The zero-order chi connectivity index (χ0) is 13.7. The third-order valence-corrected chi connectivity index (χ3v) is 3.56. The van der Waals surface area contributed by atoms with Crippen LogP contribution in [-0.2, 0) is 4.74 Å². The highest BCUT2D eigenvalue weighted by atomic mass is 16.5. The van der Waals surface area contributed by atoms with Gasteiger partial charge in [0.1, 0.15) is 0 Å². The average molecular weight is 262 g/mol. The normalized spacial score (nSPS) is 18.9. The van der Waals surface area contributed by atoms with Crippen LogP contribution in [0.1, 0.15) is 28.8 Å². The lowest BCUT2D eigenvalue weighted by Crippen LogP contribution is -2.33. The minimum absolute atomic E-state index is 0.00340. The largest absolute Gasteiger partial charge is 0.388 e. The minimum Gasteiger partial charge on any atom is -0.388 e. The molecule has 1 aromatic rings. The van der Waals surface area contributed by atoms with Gasteiger partial charge in [-0.2, -0.15) is 0 Å². The Kier molecular flexibility index (Phi) is 4.80. The number of benzene rings is 1. The third-order valence-electron chi connectivity index (χ3n) is 3.56. The summed E-state index contributed by atoms with van der Waals surface area (Å²) in [5.41, 5.74) is 2.85. The van der Waals surface area contributed by atoms with Crippen molar-refractivity contribution in [2.45, 2.75) is 19.8 Å². The number of amides is 1. The quantitative estimate of drug-likeness (QED) is 0.874. The Morgan fingerprint density at radius 1 is 1.47 bits per heavy atom. The van der Waals surface area contributed by atoms with Gasteiger partial charge < -0.3 is 15.4 Å². The number of anilines is 1. The van der Waals surface area contributed by atoms with Crippen molar-refractivity contribution in [1.29, 1.82) is 0 Å². The van der Waals surface area contributed by atoms with Gasteiger partial charge in [-0.1, -0.05) is 0 Å². The van der Waals surface area contributed by atoms with E-state index in [9.17, 15) is 4.79 Å². The maximum atomic E-state index is 12.1. The van der Waals surface area contributed by atoms with Crippen LogP contribution in [0.2, 0.25) is 0 Å². The number of hydrogen-bond donors (Lipinski definition) is 2. The molecule has 2 rings (SSSR count). The second-order valence-corrected chi connectivity index (χ2v) is 5.07. The van der Waals surface area contributed by atoms with Gasteiger partial charge in [-0.25, -0.2) is 0 Å². The van der Waals surface area contributed by atoms with E-state index < -0.39 is 0 Å². The van der Waals surface area contributed by atoms with Crippen LogP contribution in [0, 0.1) is 12.8 Å². The third kappa shape index (κ3) is 3.70. The van der Waals surface area contributed by atoms with Crippen LogP contribution < -0.4 is 10.6 Å². The molecule has 0 bridgehead atoms. The van der Waals surface area contributed by atoms with Gasteiger partial charge >= 0.3 is 0 Å². The number of rotatable bonds is 4. The lowest BCUT2D eigenvalue weighted by Gasteiger charge is -2.22. The Bertz CT molecular complexity index is 440. The Hall–Kier alpha value is -1.55. The number of carbonyl (C=O) groups is 1. The van der Waals surface area contributed by atoms with Gasteiger partial charge in [-0.05, 0) is 49.4 Å². The Morgan fingerprint density at radius 3 is 2.95 bits per heavy atom. The maximum absolute atomic E-state index is 12.1. The molecule has 1 fully saturated rings. The predicted molar refractivity (Wildman–Crippen MR) is 76.6 cm³/mol. The fourth-order valence-electron chi connectivity index (χ4n) is 2.39. The number of nitrogens with one attached hydrogen (secondary N) is 2. The van der Waals surface area contributed by atoms with Crippen molar-refractivity contribution in [3.63, 3.8) is 0 Å². The number of carbonyl (C=O) groups excluding carboxylic acids is 1. The van der Waals surface area contributed by atoms with Crippen LogP contribution in [0.4, 0.5) is 5.69 Å². The van der Waals surface area contributed by atoms with Gasteiger partial charge in [-0.3, -0.25) is 4.79 Å². The summed E-state index contributed by atoms with van der Waals surface area (Å²) in [7, 11) is 1.88. The molecule has 104 valence electrons. The molecule has 4 heteroatoms. The van der Waals surface area contributed by atoms with Crippen molar-refractivity contribution in [2.24, 2.45) is 5.92 Å². The van der Waals surface area contributed by atoms with Crippen molar-refractivity contribution < 1.29 is 9.53 Å². The topological polar surface area (TPSA) is 50.4 Å². The second-order valence-electron chi connectivity index (χ2n) is 5.07. The molecule has 1 aliphatic heterocycles. The molecule has 1 atom stereocenters. The molecule has 0 saturated carbocycles. The van der Waals surface area contributed by atoms with E-state index >= 15 is 0 Å². The number of hydrogen-bond acceptors (Lipinski definition) is 3.